The molecule has 0 radical (unpaired) electrons. The SMILES string of the molecule is C(=C\c1ccc2c(c1)Cc1cc3c(cc1-2)C1(c2ccccc2-c2ccccc21)c1cc(N(c2ccccc2)c2ccc4ccccc4c2)ccc1-3)/c1ccc2c(c1)Cc1cc3c(cc1-2)C1(c2ccccc2-c2ccccc21)c1cc(N(c2ccccc2)c2ccc4ccccc4c2)ccc1-3. The minimum atomic E-state index is -0.518. The molecule has 2 nitrogen and oxygen atoms in total. The molecule has 0 saturated heterocycles. The van der Waals surface area contributed by atoms with Crippen LogP contribution in [0.25, 0.3) is 100 Å². The fourth-order valence-corrected chi connectivity index (χ4v) is 19.0. The highest BCUT2D eigenvalue weighted by atomic mass is 15.1. The lowest BCUT2D eigenvalue weighted by Crippen LogP contribution is -2.26. The van der Waals surface area contributed by atoms with Crippen molar-refractivity contribution in [3.8, 4) is 66.8 Å². The van der Waals surface area contributed by atoms with Gasteiger partial charge in [0.05, 0.1) is 10.8 Å². The fraction of sp³-hybridized carbons (Fsp3) is 0.0408. The van der Waals surface area contributed by atoms with Crippen LogP contribution in [0.5, 0.6) is 0 Å². The molecule has 2 heteroatoms. The number of hydrogen-bond donors (Lipinski definition) is 0. The van der Waals surface area contributed by atoms with Crippen molar-refractivity contribution in [1.29, 1.82) is 0 Å². The van der Waals surface area contributed by atoms with E-state index in [9.17, 15) is 0 Å². The Morgan fingerprint density at radius 2 is 0.500 bits per heavy atom. The zero-order chi connectivity index (χ0) is 65.4. The van der Waals surface area contributed by atoms with E-state index in [-0.39, 0.29) is 0 Å². The quantitative estimate of drug-likeness (QED) is 0.140. The van der Waals surface area contributed by atoms with Gasteiger partial charge < -0.3 is 9.80 Å². The molecular formula is C98H62N2. The first-order valence-corrected chi connectivity index (χ1v) is 35.2. The monoisotopic (exact) mass is 1270 g/mol. The van der Waals surface area contributed by atoms with Gasteiger partial charge >= 0.3 is 0 Å². The number of para-hydroxylation sites is 2. The molecule has 0 unspecified atom stereocenters. The molecule has 0 bridgehead atoms. The van der Waals surface area contributed by atoms with Crippen LogP contribution in [-0.4, -0.2) is 0 Å². The van der Waals surface area contributed by atoms with Crippen molar-refractivity contribution in [3.05, 3.63) is 418 Å². The maximum atomic E-state index is 2.59. The third kappa shape index (κ3) is 7.73. The predicted molar refractivity (Wildman–Crippen MR) is 415 cm³/mol. The Bertz CT molecular complexity index is 5780. The molecule has 16 aromatic carbocycles. The second-order valence-corrected chi connectivity index (χ2v) is 28.2. The average Bonchev–Trinajstić information content (AvgIpc) is 1.51. The molecule has 6 aliphatic rings. The Hall–Kier alpha value is -12.6. The van der Waals surface area contributed by atoms with E-state index < -0.39 is 10.8 Å². The molecule has 0 aliphatic heterocycles. The van der Waals surface area contributed by atoms with Crippen LogP contribution in [0.15, 0.2) is 340 Å². The smallest absolute Gasteiger partial charge is 0.0726 e. The summed E-state index contributed by atoms with van der Waals surface area (Å²) in [6, 6.07) is 129. The van der Waals surface area contributed by atoms with Gasteiger partial charge in [0.2, 0.25) is 0 Å². The molecule has 0 fully saturated rings. The zero-order valence-electron chi connectivity index (χ0n) is 54.8. The third-order valence-corrected chi connectivity index (χ3v) is 23.2. The van der Waals surface area contributed by atoms with E-state index >= 15 is 0 Å². The molecule has 100 heavy (non-hydrogen) atoms. The zero-order valence-corrected chi connectivity index (χ0v) is 54.8. The van der Waals surface area contributed by atoms with Crippen molar-refractivity contribution in [3.63, 3.8) is 0 Å². The van der Waals surface area contributed by atoms with Gasteiger partial charge in [0.25, 0.3) is 0 Å². The summed E-state index contributed by atoms with van der Waals surface area (Å²) in [5, 5.41) is 4.91. The highest BCUT2D eigenvalue weighted by Crippen LogP contribution is 2.67. The van der Waals surface area contributed by atoms with Crippen molar-refractivity contribution < 1.29 is 0 Å². The summed E-state index contributed by atoms with van der Waals surface area (Å²) in [7, 11) is 0. The van der Waals surface area contributed by atoms with Crippen molar-refractivity contribution in [2.45, 2.75) is 23.7 Å². The molecule has 0 heterocycles. The average molecular weight is 1270 g/mol. The molecule has 6 aliphatic carbocycles. The van der Waals surface area contributed by atoms with E-state index in [0.29, 0.717) is 0 Å². The maximum absolute atomic E-state index is 2.59. The summed E-state index contributed by atoms with van der Waals surface area (Å²) in [5.74, 6) is 0. The van der Waals surface area contributed by atoms with Gasteiger partial charge in [-0.25, -0.2) is 0 Å². The van der Waals surface area contributed by atoms with Crippen LogP contribution in [0.3, 0.4) is 0 Å². The molecule has 0 saturated carbocycles. The molecule has 0 atom stereocenters. The van der Waals surface area contributed by atoms with Gasteiger partial charge in [0.1, 0.15) is 0 Å². The first-order chi connectivity index (χ1) is 49.5. The predicted octanol–water partition coefficient (Wildman–Crippen LogP) is 24.9. The molecule has 0 amide bonds. The molecule has 16 aromatic rings. The van der Waals surface area contributed by atoms with Gasteiger partial charge in [0, 0.05) is 34.1 Å². The highest BCUT2D eigenvalue weighted by Gasteiger charge is 2.54. The minimum Gasteiger partial charge on any atom is -0.310 e. The molecule has 0 N–H and O–H groups in total. The normalized spacial score (nSPS) is 14.0. The van der Waals surface area contributed by atoms with E-state index in [0.717, 1.165) is 47.0 Å². The molecule has 2 spiro atoms. The Labute approximate surface area is 582 Å². The number of hydrogen-bond acceptors (Lipinski definition) is 2. The maximum Gasteiger partial charge on any atom is 0.0726 e. The van der Waals surface area contributed by atoms with Gasteiger partial charge in [-0.05, 0) is 276 Å². The Kier molecular flexibility index (Phi) is 11.6. The number of nitrogens with zero attached hydrogens (tertiary/aromatic N) is 2. The largest absolute Gasteiger partial charge is 0.310 e. The van der Waals surface area contributed by atoms with Crippen LogP contribution in [-0.2, 0) is 23.7 Å². The third-order valence-electron chi connectivity index (χ3n) is 23.2. The number of benzene rings is 16. The lowest BCUT2D eigenvalue weighted by molar-refractivity contribution is 0.794. The standard InChI is InChI=1S/C98H62N2/c1-3-23-71(24-4-1)99(73-41-39-63-19-7-9-21-65(63)53-73)75-43-47-83-87-55-69-51-67-49-61(37-45-77(67)85(69)59-95(87)97(93(83)57-75)89-31-15-11-27-79(89)80-28-12-16-32-90(80)97)35-36-62-38-46-78-68(50-62)52-70-56-88-84-48-44-76(100(72-25-5-2-6-26-72)74-42-40-64-20-8-10-22-66(64)54-74)58-94(84)98(96(88)60-86(70)78)91-33-17-13-29-81(91)82-30-14-18-34-92(82)98/h1-50,53-60H,51-52H2/b36-35+. The molecular weight excluding hydrogens is 1210 g/mol. The van der Waals surface area contributed by atoms with Crippen molar-refractivity contribution in [2.75, 3.05) is 9.80 Å². The van der Waals surface area contributed by atoms with Gasteiger partial charge in [-0.1, -0.05) is 255 Å². The van der Waals surface area contributed by atoms with Crippen LogP contribution < -0.4 is 9.80 Å². The lowest BCUT2D eigenvalue weighted by Gasteiger charge is -2.32. The van der Waals surface area contributed by atoms with Gasteiger partial charge in [-0.3, -0.25) is 0 Å². The molecule has 0 aromatic heterocycles. The Balaban J connectivity index is 0.610. The van der Waals surface area contributed by atoms with E-state index in [1.165, 1.54) is 166 Å². The second kappa shape index (κ2) is 20.9. The fourth-order valence-electron chi connectivity index (χ4n) is 19.0. The van der Waals surface area contributed by atoms with Crippen molar-refractivity contribution in [2.24, 2.45) is 0 Å². The number of fused-ring (bicyclic) bond motifs is 28. The number of rotatable bonds is 8. The summed E-state index contributed by atoms with van der Waals surface area (Å²) in [5.41, 5.74) is 40.4. The van der Waals surface area contributed by atoms with Gasteiger partial charge in [0.15, 0.2) is 0 Å². The number of anilines is 6. The van der Waals surface area contributed by atoms with Gasteiger partial charge in [-0.2, -0.15) is 0 Å². The van der Waals surface area contributed by atoms with Gasteiger partial charge in [-0.15, -0.1) is 0 Å². The van der Waals surface area contributed by atoms with Crippen LogP contribution in [0.2, 0.25) is 0 Å². The van der Waals surface area contributed by atoms with E-state index in [1.54, 1.807) is 0 Å². The summed E-state index contributed by atoms with van der Waals surface area (Å²) < 4.78 is 0. The van der Waals surface area contributed by atoms with Crippen LogP contribution in [0, 0.1) is 0 Å². The molecule has 22 rings (SSSR count). The van der Waals surface area contributed by atoms with E-state index in [4.69, 9.17) is 0 Å². The van der Waals surface area contributed by atoms with Crippen molar-refractivity contribution >= 4 is 67.8 Å². The minimum absolute atomic E-state index is 0.518. The Morgan fingerprint density at radius 3 is 0.910 bits per heavy atom. The topological polar surface area (TPSA) is 6.48 Å². The summed E-state index contributed by atoms with van der Waals surface area (Å²) >= 11 is 0. The van der Waals surface area contributed by atoms with Crippen LogP contribution in [0.1, 0.15) is 77.9 Å². The first kappa shape index (κ1) is 55.5. The summed E-state index contributed by atoms with van der Waals surface area (Å²) in [6.07, 6.45) is 6.44. The van der Waals surface area contributed by atoms with E-state index in [1.807, 2.05) is 0 Å². The molecule has 464 valence electrons. The first-order valence-electron chi connectivity index (χ1n) is 35.2. The Morgan fingerprint density at radius 1 is 0.190 bits per heavy atom. The van der Waals surface area contributed by atoms with Crippen LogP contribution in [0.4, 0.5) is 34.1 Å². The lowest BCUT2D eigenvalue weighted by atomic mass is 9.70. The highest BCUT2D eigenvalue weighted by molar-refractivity contribution is 6.02. The summed E-state index contributed by atoms with van der Waals surface area (Å²) in [4.78, 5) is 4.88. The van der Waals surface area contributed by atoms with Crippen molar-refractivity contribution in [1.82, 2.24) is 0 Å². The van der Waals surface area contributed by atoms with E-state index in [2.05, 4.69) is 362 Å². The second-order valence-electron chi connectivity index (χ2n) is 28.2. The van der Waals surface area contributed by atoms with Crippen LogP contribution >= 0.6 is 0 Å². The summed E-state index contributed by atoms with van der Waals surface area (Å²) in [6.45, 7) is 0.